The number of carbonyl (C=O) groups excluding carboxylic acids is 2. The summed E-state index contributed by atoms with van der Waals surface area (Å²) in [5.74, 6) is 0.110. The lowest BCUT2D eigenvalue weighted by Crippen LogP contribution is -2.40. The summed E-state index contributed by atoms with van der Waals surface area (Å²) >= 11 is 7.52. The van der Waals surface area contributed by atoms with E-state index < -0.39 is 12.0 Å². The molecule has 0 unspecified atom stereocenters. The zero-order chi connectivity index (χ0) is 22.0. The Morgan fingerprint density at radius 1 is 1.29 bits per heavy atom. The van der Waals surface area contributed by atoms with Crippen LogP contribution < -0.4 is 10.2 Å². The zero-order valence-corrected chi connectivity index (χ0v) is 18.5. The van der Waals surface area contributed by atoms with E-state index in [9.17, 15) is 9.59 Å². The molecule has 1 aromatic carbocycles. The number of rotatable bonds is 6. The first-order chi connectivity index (χ1) is 15.0. The van der Waals surface area contributed by atoms with Gasteiger partial charge in [0.15, 0.2) is 0 Å². The summed E-state index contributed by atoms with van der Waals surface area (Å²) in [7, 11) is 1.31. The Morgan fingerprint density at radius 2 is 2.06 bits per heavy atom. The average molecular weight is 458 g/mol. The van der Waals surface area contributed by atoms with Gasteiger partial charge in [-0.3, -0.25) is 9.69 Å². The monoisotopic (exact) mass is 457 g/mol. The van der Waals surface area contributed by atoms with Gasteiger partial charge in [0.25, 0.3) is 0 Å². The van der Waals surface area contributed by atoms with E-state index in [0.29, 0.717) is 23.2 Å². The number of halogens is 1. The first-order valence-electron chi connectivity index (χ1n) is 9.67. The molecule has 0 aliphatic carbocycles. The minimum atomic E-state index is -0.666. The van der Waals surface area contributed by atoms with Crippen LogP contribution in [0.3, 0.4) is 0 Å². The summed E-state index contributed by atoms with van der Waals surface area (Å²) in [4.78, 5) is 40.0. The first kappa shape index (κ1) is 21.2. The fraction of sp³-hybridized carbons (Fsp3) is 0.286. The molecule has 1 aliphatic heterocycles. The Hall–Kier alpha value is -3.04. The van der Waals surface area contributed by atoms with Crippen molar-refractivity contribution in [2.24, 2.45) is 0 Å². The minimum absolute atomic E-state index is 0.112. The van der Waals surface area contributed by atoms with Gasteiger partial charge >= 0.3 is 5.97 Å². The highest BCUT2D eigenvalue weighted by Gasteiger charge is 2.38. The van der Waals surface area contributed by atoms with E-state index in [1.807, 2.05) is 37.4 Å². The molecule has 3 heterocycles. The number of amides is 1. The highest BCUT2D eigenvalue weighted by molar-refractivity contribution is 7.15. The van der Waals surface area contributed by atoms with Crippen LogP contribution in [0, 0.1) is 0 Å². The predicted octanol–water partition coefficient (Wildman–Crippen LogP) is 4.10. The van der Waals surface area contributed by atoms with Gasteiger partial charge in [0.1, 0.15) is 16.9 Å². The van der Waals surface area contributed by atoms with Gasteiger partial charge in [-0.25, -0.2) is 14.8 Å². The van der Waals surface area contributed by atoms with E-state index in [0.717, 1.165) is 15.4 Å². The van der Waals surface area contributed by atoms with Crippen molar-refractivity contribution < 1.29 is 14.3 Å². The molecule has 160 valence electrons. The van der Waals surface area contributed by atoms with Crippen molar-refractivity contribution in [3.05, 3.63) is 52.6 Å². The lowest BCUT2D eigenvalue weighted by atomic mass is 10.2. The lowest BCUT2D eigenvalue weighted by molar-refractivity contribution is -0.142. The summed E-state index contributed by atoms with van der Waals surface area (Å²) < 4.78 is 4.83. The fourth-order valence-electron chi connectivity index (χ4n) is 3.36. The number of anilines is 2. The van der Waals surface area contributed by atoms with Crippen molar-refractivity contribution in [2.45, 2.75) is 31.8 Å². The van der Waals surface area contributed by atoms with Crippen molar-refractivity contribution >= 4 is 46.6 Å². The summed E-state index contributed by atoms with van der Waals surface area (Å²) in [5.41, 5.74) is 0.993. The van der Waals surface area contributed by atoms with Crippen LogP contribution in [0.2, 0.25) is 5.02 Å². The molecule has 10 heteroatoms. The standard InChI is InChI=1S/C21H20ClN5O3S/c1-12(16-11-24-19(31-16)13-3-5-14(22)6-4-13)25-21-23-10-9-17(26-21)27-15(20(29)30-2)7-8-18(27)28/h3-6,9-12,15H,7-8H2,1-2H3,(H,23,25,26)/t12-,15+/m0/s1. The van der Waals surface area contributed by atoms with Crippen LogP contribution in [0.5, 0.6) is 0 Å². The maximum atomic E-state index is 12.3. The maximum absolute atomic E-state index is 12.3. The van der Waals surface area contributed by atoms with E-state index in [1.54, 1.807) is 23.6 Å². The minimum Gasteiger partial charge on any atom is -0.467 e. The third-order valence-corrected chi connectivity index (χ3v) is 6.44. The number of aromatic nitrogens is 3. The molecule has 0 spiro atoms. The van der Waals surface area contributed by atoms with Crippen LogP contribution in [-0.4, -0.2) is 40.0 Å². The quantitative estimate of drug-likeness (QED) is 0.556. The Kier molecular flexibility index (Phi) is 6.15. The third-order valence-electron chi connectivity index (χ3n) is 4.96. The maximum Gasteiger partial charge on any atom is 0.329 e. The normalized spacial score (nSPS) is 16.9. The number of esters is 1. The summed E-state index contributed by atoms with van der Waals surface area (Å²) in [5, 5.41) is 4.81. The number of carbonyl (C=O) groups is 2. The van der Waals surface area contributed by atoms with Gasteiger partial charge in [-0.1, -0.05) is 23.7 Å². The van der Waals surface area contributed by atoms with Gasteiger partial charge in [0.05, 0.1) is 13.2 Å². The molecule has 1 N–H and O–H groups in total. The lowest BCUT2D eigenvalue weighted by Gasteiger charge is -2.22. The van der Waals surface area contributed by atoms with E-state index in [1.165, 1.54) is 12.0 Å². The number of hydrogen-bond acceptors (Lipinski definition) is 8. The van der Waals surface area contributed by atoms with Crippen molar-refractivity contribution in [2.75, 3.05) is 17.3 Å². The molecule has 31 heavy (non-hydrogen) atoms. The van der Waals surface area contributed by atoms with Crippen molar-refractivity contribution in [3.8, 4) is 10.6 Å². The van der Waals surface area contributed by atoms with Gasteiger partial charge < -0.3 is 10.1 Å². The molecule has 4 rings (SSSR count). The number of nitrogens with zero attached hydrogens (tertiary/aromatic N) is 4. The fourth-order valence-corrected chi connectivity index (χ4v) is 4.41. The van der Waals surface area contributed by atoms with Crippen LogP contribution in [-0.2, 0) is 14.3 Å². The van der Waals surface area contributed by atoms with Crippen molar-refractivity contribution in [3.63, 3.8) is 0 Å². The summed E-state index contributed by atoms with van der Waals surface area (Å²) in [6.07, 6.45) is 4.05. The van der Waals surface area contributed by atoms with Crippen LogP contribution >= 0.6 is 22.9 Å². The highest BCUT2D eigenvalue weighted by Crippen LogP contribution is 2.31. The molecule has 8 nitrogen and oxygen atoms in total. The van der Waals surface area contributed by atoms with Gasteiger partial charge in [0, 0.05) is 34.3 Å². The molecule has 1 amide bonds. The molecule has 1 saturated heterocycles. The van der Waals surface area contributed by atoms with E-state index >= 15 is 0 Å². The second-order valence-corrected chi connectivity index (χ2v) is 8.52. The van der Waals surface area contributed by atoms with Gasteiger partial charge in [-0.2, -0.15) is 4.98 Å². The molecule has 0 saturated carbocycles. The SMILES string of the molecule is COC(=O)[C@H]1CCC(=O)N1c1ccnc(N[C@@H](C)c2cnc(-c3ccc(Cl)cc3)s2)n1. The van der Waals surface area contributed by atoms with Crippen LogP contribution in [0.1, 0.15) is 30.7 Å². The highest BCUT2D eigenvalue weighted by atomic mass is 35.5. The number of nitrogens with one attached hydrogen (secondary N) is 1. The Bertz CT molecular complexity index is 1100. The van der Waals surface area contributed by atoms with Gasteiger partial charge in [-0.05, 0) is 31.5 Å². The summed E-state index contributed by atoms with van der Waals surface area (Å²) in [6, 6.07) is 8.36. The molecular weight excluding hydrogens is 438 g/mol. The van der Waals surface area contributed by atoms with Crippen molar-refractivity contribution in [1.82, 2.24) is 15.0 Å². The van der Waals surface area contributed by atoms with Crippen LogP contribution in [0.15, 0.2) is 42.7 Å². The number of ether oxygens (including phenoxy) is 1. The van der Waals surface area contributed by atoms with Gasteiger partial charge in [-0.15, -0.1) is 11.3 Å². The molecule has 3 aromatic rings. The Morgan fingerprint density at radius 3 is 2.81 bits per heavy atom. The third kappa shape index (κ3) is 4.52. The van der Waals surface area contributed by atoms with E-state index in [2.05, 4.69) is 20.3 Å². The Balaban J connectivity index is 1.51. The van der Waals surface area contributed by atoms with Crippen molar-refractivity contribution in [1.29, 1.82) is 0 Å². The number of methoxy groups -OCH3 is 1. The molecular formula is C21H20ClN5O3S. The Labute approximate surface area is 188 Å². The second-order valence-electron chi connectivity index (χ2n) is 7.02. The van der Waals surface area contributed by atoms with Crippen LogP contribution in [0.4, 0.5) is 11.8 Å². The molecule has 2 aromatic heterocycles. The average Bonchev–Trinajstić information content (AvgIpc) is 3.41. The smallest absolute Gasteiger partial charge is 0.329 e. The number of hydrogen-bond donors (Lipinski definition) is 1. The second kappa shape index (κ2) is 8.99. The van der Waals surface area contributed by atoms with E-state index in [4.69, 9.17) is 16.3 Å². The zero-order valence-electron chi connectivity index (χ0n) is 16.9. The largest absolute Gasteiger partial charge is 0.467 e. The van der Waals surface area contributed by atoms with E-state index in [-0.39, 0.29) is 18.4 Å². The summed E-state index contributed by atoms with van der Waals surface area (Å²) in [6.45, 7) is 1.98. The van der Waals surface area contributed by atoms with Gasteiger partial charge in [0.2, 0.25) is 11.9 Å². The molecule has 1 aliphatic rings. The molecule has 2 atom stereocenters. The molecule has 1 fully saturated rings. The number of thiazole rings is 1. The predicted molar refractivity (Wildman–Crippen MR) is 119 cm³/mol. The first-order valence-corrected chi connectivity index (χ1v) is 10.9. The number of benzene rings is 1. The molecule has 0 bridgehead atoms. The van der Waals surface area contributed by atoms with Crippen LogP contribution in [0.25, 0.3) is 10.6 Å². The topological polar surface area (TPSA) is 97.3 Å². The molecule has 0 radical (unpaired) electrons.